The Balaban J connectivity index is 2.35. The van der Waals surface area contributed by atoms with E-state index in [9.17, 15) is 0 Å². The van der Waals surface area contributed by atoms with Gasteiger partial charge >= 0.3 is 0 Å². The second kappa shape index (κ2) is 2.48. The van der Waals surface area contributed by atoms with Crippen LogP contribution in [0, 0.1) is 5.92 Å². The van der Waals surface area contributed by atoms with Gasteiger partial charge in [0.05, 0.1) is 0 Å². The Labute approximate surface area is 57.6 Å². The van der Waals surface area contributed by atoms with Crippen molar-refractivity contribution in [2.24, 2.45) is 5.92 Å². The van der Waals surface area contributed by atoms with Crippen molar-refractivity contribution in [1.29, 1.82) is 0 Å². The maximum Gasteiger partial charge on any atom is 0.0376 e. The first kappa shape index (κ1) is 7.38. The minimum atomic E-state index is -2.12. The first-order valence-electron chi connectivity index (χ1n) is 3.34. The Morgan fingerprint density at radius 1 is 1.22 bits per heavy atom. The highest BCUT2D eigenvalue weighted by Gasteiger charge is 2.20. The molecular formula is C6H14O2S. The van der Waals surface area contributed by atoms with Crippen LogP contribution < -0.4 is 0 Å². The molecule has 0 saturated carbocycles. The zero-order chi connectivity index (χ0) is 6.91. The molecule has 2 N–H and O–H groups in total. The summed E-state index contributed by atoms with van der Waals surface area (Å²) >= 11 is 0. The summed E-state index contributed by atoms with van der Waals surface area (Å²) in [6.07, 6.45) is 1.98. The van der Waals surface area contributed by atoms with Gasteiger partial charge in [0.1, 0.15) is 0 Å². The number of hydrogen-bond donors (Lipinski definition) is 2. The molecule has 0 spiro atoms. The molecule has 0 aromatic carbocycles. The molecule has 1 heterocycles. The molecule has 3 heteroatoms. The van der Waals surface area contributed by atoms with Crippen molar-refractivity contribution >= 4 is 10.6 Å². The largest absolute Gasteiger partial charge is 0.299 e. The van der Waals surface area contributed by atoms with Crippen LogP contribution in [-0.2, 0) is 0 Å². The van der Waals surface area contributed by atoms with E-state index < -0.39 is 10.6 Å². The molecule has 1 saturated heterocycles. The van der Waals surface area contributed by atoms with Gasteiger partial charge in [-0.25, -0.2) is 0 Å². The molecule has 1 rings (SSSR count). The summed E-state index contributed by atoms with van der Waals surface area (Å²) < 4.78 is 18.3. The molecule has 0 amide bonds. The molecule has 9 heavy (non-hydrogen) atoms. The van der Waals surface area contributed by atoms with Crippen LogP contribution in [0.3, 0.4) is 0 Å². The lowest BCUT2D eigenvalue weighted by Gasteiger charge is -2.38. The van der Waals surface area contributed by atoms with E-state index in [4.69, 9.17) is 9.11 Å². The summed E-state index contributed by atoms with van der Waals surface area (Å²) in [5.74, 6) is 1.97. The van der Waals surface area contributed by atoms with Gasteiger partial charge < -0.3 is 0 Å². The molecule has 0 aromatic heterocycles. The molecule has 0 atom stereocenters. The Hall–Kier alpha value is 0.270. The summed E-state index contributed by atoms with van der Waals surface area (Å²) in [5, 5.41) is 0. The quantitative estimate of drug-likeness (QED) is 0.555. The highest BCUT2D eigenvalue weighted by molar-refractivity contribution is 8.24. The second-order valence-electron chi connectivity index (χ2n) is 2.89. The van der Waals surface area contributed by atoms with E-state index in [0.717, 1.165) is 12.8 Å². The summed E-state index contributed by atoms with van der Waals surface area (Å²) in [6, 6.07) is 0. The maximum atomic E-state index is 9.13. The minimum absolute atomic E-state index is 0.633. The molecular weight excluding hydrogens is 136 g/mol. The van der Waals surface area contributed by atoms with Gasteiger partial charge in [0, 0.05) is 11.5 Å². The molecule has 56 valence electrons. The Kier molecular flexibility index (Phi) is 2.03. The molecule has 0 aliphatic carbocycles. The topological polar surface area (TPSA) is 40.5 Å². The predicted octanol–water partition coefficient (Wildman–Crippen LogP) is 2.17. The van der Waals surface area contributed by atoms with Gasteiger partial charge in [-0.15, -0.1) is 0 Å². The van der Waals surface area contributed by atoms with Crippen molar-refractivity contribution in [2.45, 2.75) is 19.8 Å². The van der Waals surface area contributed by atoms with E-state index in [-0.39, 0.29) is 0 Å². The first-order chi connectivity index (χ1) is 4.10. The van der Waals surface area contributed by atoms with E-state index in [0.29, 0.717) is 17.4 Å². The highest BCUT2D eigenvalue weighted by Crippen LogP contribution is 2.45. The minimum Gasteiger partial charge on any atom is -0.299 e. The highest BCUT2D eigenvalue weighted by atomic mass is 32.3. The van der Waals surface area contributed by atoms with Crippen molar-refractivity contribution in [2.75, 3.05) is 11.5 Å². The van der Waals surface area contributed by atoms with E-state index in [1.807, 2.05) is 0 Å². The van der Waals surface area contributed by atoms with Crippen LogP contribution in [0.4, 0.5) is 0 Å². The molecule has 2 nitrogen and oxygen atoms in total. The van der Waals surface area contributed by atoms with Gasteiger partial charge in [-0.05, 0) is 18.8 Å². The third-order valence-corrected chi connectivity index (χ3v) is 3.65. The number of rotatable bonds is 0. The van der Waals surface area contributed by atoms with Gasteiger partial charge in [0.15, 0.2) is 0 Å². The van der Waals surface area contributed by atoms with E-state index in [2.05, 4.69) is 6.92 Å². The number of hydrogen-bond acceptors (Lipinski definition) is 2. The standard InChI is InChI=1S/C6H14O2S/c1-6-2-4-9(7,8)5-3-6/h6-8H,2-5H2,1H3. The molecule has 1 aliphatic heterocycles. The van der Waals surface area contributed by atoms with Gasteiger partial charge in [-0.2, -0.15) is 10.6 Å². The van der Waals surface area contributed by atoms with Crippen LogP contribution in [0.2, 0.25) is 0 Å². The zero-order valence-electron chi connectivity index (χ0n) is 5.71. The van der Waals surface area contributed by atoms with Crippen LogP contribution in [0.1, 0.15) is 19.8 Å². The van der Waals surface area contributed by atoms with Crippen molar-refractivity contribution in [3.63, 3.8) is 0 Å². The first-order valence-corrected chi connectivity index (χ1v) is 5.22. The van der Waals surface area contributed by atoms with Gasteiger partial charge in [0.25, 0.3) is 0 Å². The van der Waals surface area contributed by atoms with Gasteiger partial charge in [-0.3, -0.25) is 9.11 Å². The fraction of sp³-hybridized carbons (Fsp3) is 1.00. The average Bonchev–Trinajstić information content (AvgIpc) is 1.78. The second-order valence-corrected chi connectivity index (χ2v) is 5.31. The van der Waals surface area contributed by atoms with Gasteiger partial charge in [0.2, 0.25) is 0 Å². The molecule has 0 unspecified atom stereocenters. The van der Waals surface area contributed by atoms with Crippen LogP contribution in [0.15, 0.2) is 0 Å². The predicted molar refractivity (Wildman–Crippen MR) is 41.0 cm³/mol. The van der Waals surface area contributed by atoms with E-state index >= 15 is 0 Å². The lowest BCUT2D eigenvalue weighted by molar-refractivity contribution is 0.435. The molecule has 1 aliphatic rings. The van der Waals surface area contributed by atoms with Gasteiger partial charge in [-0.1, -0.05) is 6.92 Å². The summed E-state index contributed by atoms with van der Waals surface area (Å²) in [5.41, 5.74) is 0. The van der Waals surface area contributed by atoms with Crippen molar-refractivity contribution in [1.82, 2.24) is 0 Å². The monoisotopic (exact) mass is 150 g/mol. The fourth-order valence-corrected chi connectivity index (χ4v) is 2.79. The average molecular weight is 150 g/mol. The van der Waals surface area contributed by atoms with Crippen LogP contribution in [-0.4, -0.2) is 20.6 Å². The molecule has 0 aromatic rings. The normalized spacial score (nSPS) is 31.9. The van der Waals surface area contributed by atoms with Crippen LogP contribution in [0.5, 0.6) is 0 Å². The van der Waals surface area contributed by atoms with Crippen LogP contribution in [0.25, 0.3) is 0 Å². The molecule has 0 bridgehead atoms. The molecule has 1 fully saturated rings. The SMILES string of the molecule is CC1CCS(O)(O)CC1. The molecule has 0 radical (unpaired) electrons. The Morgan fingerprint density at radius 2 is 1.67 bits per heavy atom. The van der Waals surface area contributed by atoms with Crippen molar-refractivity contribution in [3.8, 4) is 0 Å². The van der Waals surface area contributed by atoms with Crippen molar-refractivity contribution < 1.29 is 9.11 Å². The maximum absolute atomic E-state index is 9.13. The Morgan fingerprint density at radius 3 is 2.00 bits per heavy atom. The smallest absolute Gasteiger partial charge is 0.0376 e. The zero-order valence-corrected chi connectivity index (χ0v) is 6.52. The lowest BCUT2D eigenvalue weighted by atomic mass is 10.1. The van der Waals surface area contributed by atoms with E-state index in [1.54, 1.807) is 0 Å². The summed E-state index contributed by atoms with van der Waals surface area (Å²) in [4.78, 5) is 0. The van der Waals surface area contributed by atoms with E-state index in [1.165, 1.54) is 0 Å². The third-order valence-electron chi connectivity index (χ3n) is 1.88. The van der Waals surface area contributed by atoms with Crippen LogP contribution >= 0.6 is 10.6 Å². The fourth-order valence-electron chi connectivity index (χ4n) is 1.03. The summed E-state index contributed by atoms with van der Waals surface area (Å²) in [7, 11) is -2.12. The van der Waals surface area contributed by atoms with Crippen molar-refractivity contribution in [3.05, 3.63) is 0 Å². The summed E-state index contributed by atoms with van der Waals surface area (Å²) in [6.45, 7) is 2.16. The lowest BCUT2D eigenvalue weighted by Crippen LogP contribution is -2.18. The third kappa shape index (κ3) is 2.16. The Bertz CT molecular complexity index is 93.2.